The molecule has 0 unspecified atom stereocenters. The zero-order valence-corrected chi connectivity index (χ0v) is 8.20. The van der Waals surface area contributed by atoms with Crippen LogP contribution in [0.5, 0.6) is 0 Å². The molecule has 1 aromatic rings. The van der Waals surface area contributed by atoms with E-state index in [0.29, 0.717) is 0 Å². The quantitative estimate of drug-likeness (QED) is 0.692. The van der Waals surface area contributed by atoms with Crippen molar-refractivity contribution >= 4 is 17.3 Å². The highest BCUT2D eigenvalue weighted by Crippen LogP contribution is 1.88. The van der Waals surface area contributed by atoms with Gasteiger partial charge >= 0.3 is 0 Å². The van der Waals surface area contributed by atoms with Crippen LogP contribution in [-0.4, -0.2) is 11.1 Å². The summed E-state index contributed by atoms with van der Waals surface area (Å²) in [7, 11) is 0. The fraction of sp³-hybridized carbons (Fsp3) is 0.100. The van der Waals surface area contributed by atoms with Gasteiger partial charge in [0.05, 0.1) is 0 Å². The van der Waals surface area contributed by atoms with Crippen LogP contribution in [0.25, 0.3) is 0 Å². The molecule has 0 aliphatic rings. The summed E-state index contributed by atoms with van der Waals surface area (Å²) in [6, 6.07) is 12.1. The molecule has 0 atom stereocenters. The normalized spacial score (nSPS) is 7.46. The maximum absolute atomic E-state index is 9.00. The minimum absolute atomic E-state index is 0.833. The van der Waals surface area contributed by atoms with Crippen molar-refractivity contribution in [2.75, 3.05) is 0 Å². The summed E-state index contributed by atoms with van der Waals surface area (Å²) in [4.78, 5) is 9.00. The molecule has 1 rings (SSSR count). The lowest BCUT2D eigenvalue weighted by Crippen LogP contribution is -1.78. The fourth-order valence-corrected chi connectivity index (χ4v) is 0.937. The van der Waals surface area contributed by atoms with Crippen LogP contribution < -0.4 is 0 Å². The third-order valence-corrected chi connectivity index (χ3v) is 1.50. The number of hydrogen-bond acceptors (Lipinski definition) is 2. The number of carbonyl (C=O) groups is 1. The van der Waals surface area contributed by atoms with Crippen molar-refractivity contribution in [1.82, 2.24) is 0 Å². The minimum Gasteiger partial charge on any atom is -0.481 e. The number of hydrogen-bond donors (Lipinski definition) is 1. The van der Waals surface area contributed by atoms with E-state index >= 15 is 0 Å². The van der Waals surface area contributed by atoms with Gasteiger partial charge in [-0.15, -0.1) is 0 Å². The Morgan fingerprint density at radius 2 is 1.31 bits per heavy atom. The molecule has 0 aliphatic carbocycles. The highest BCUT2D eigenvalue weighted by molar-refractivity contribution is 7.07. The van der Waals surface area contributed by atoms with E-state index in [1.165, 1.54) is 0 Å². The molecule has 1 N–H and O–H groups in total. The van der Waals surface area contributed by atoms with E-state index in [1.807, 2.05) is 47.2 Å². The van der Waals surface area contributed by atoms with Gasteiger partial charge < -0.3 is 5.11 Å². The molecular formula is C10H12O2S. The third-order valence-electron chi connectivity index (χ3n) is 0.870. The lowest BCUT2D eigenvalue weighted by atomic mass is 10.5. The topological polar surface area (TPSA) is 37.3 Å². The standard InChI is InChI=1S/C8H8S.C2H4O2/c1-2-4-6-8-9-7-5-3-1;1-2(3)4/h1-8H;1H3,(H,3,4). The summed E-state index contributed by atoms with van der Waals surface area (Å²) in [5, 5.41) is 11.5. The SMILES string of the molecule is CC(=O)O.c1ccccsccc1. The molecule has 1 aromatic heterocycles. The monoisotopic (exact) mass is 196 g/mol. The second-order valence-corrected chi connectivity index (χ2v) is 2.90. The van der Waals surface area contributed by atoms with E-state index in [9.17, 15) is 0 Å². The highest BCUT2D eigenvalue weighted by Gasteiger charge is 1.65. The molecule has 3 heteroatoms. The Bertz CT molecular complexity index is 201. The first-order valence-corrected chi connectivity index (χ1v) is 4.68. The van der Waals surface area contributed by atoms with E-state index < -0.39 is 5.97 Å². The van der Waals surface area contributed by atoms with Gasteiger partial charge in [0.1, 0.15) is 0 Å². The van der Waals surface area contributed by atoms with Crippen LogP contribution >= 0.6 is 11.3 Å². The molecule has 0 radical (unpaired) electrons. The van der Waals surface area contributed by atoms with Crippen molar-refractivity contribution in [2.24, 2.45) is 0 Å². The predicted octanol–water partition coefficient (Wildman–Crippen LogP) is 2.96. The average Bonchev–Trinajstić information content (AvgIpc) is 2.16. The average molecular weight is 196 g/mol. The molecule has 0 saturated heterocycles. The molecule has 0 aromatic carbocycles. The molecule has 0 amide bonds. The molecule has 2 nitrogen and oxygen atoms in total. The van der Waals surface area contributed by atoms with Crippen LogP contribution in [0, 0.1) is 0 Å². The van der Waals surface area contributed by atoms with Gasteiger partial charge in [-0.2, -0.15) is 11.3 Å². The van der Waals surface area contributed by atoms with Crippen LogP contribution in [0.15, 0.2) is 47.2 Å². The molecule has 70 valence electrons. The second-order valence-electron chi connectivity index (χ2n) is 2.08. The molecule has 1 heterocycles. The summed E-state index contributed by atoms with van der Waals surface area (Å²) in [5.41, 5.74) is 0. The number of rotatable bonds is 0. The Kier molecular flexibility index (Phi) is 7.84. The van der Waals surface area contributed by atoms with Gasteiger partial charge in [-0.25, -0.2) is 0 Å². The first kappa shape index (κ1) is 11.6. The second kappa shape index (κ2) is 8.74. The van der Waals surface area contributed by atoms with Crippen LogP contribution in [-0.2, 0) is 4.79 Å². The Hall–Kier alpha value is -1.35. The van der Waals surface area contributed by atoms with Crippen molar-refractivity contribution in [2.45, 2.75) is 6.92 Å². The lowest BCUT2D eigenvalue weighted by molar-refractivity contribution is -0.134. The largest absolute Gasteiger partial charge is 0.481 e. The van der Waals surface area contributed by atoms with E-state index in [1.54, 1.807) is 11.3 Å². The van der Waals surface area contributed by atoms with Crippen molar-refractivity contribution in [3.8, 4) is 0 Å². The van der Waals surface area contributed by atoms with Gasteiger partial charge in [0, 0.05) is 6.92 Å². The van der Waals surface area contributed by atoms with Gasteiger partial charge in [0.2, 0.25) is 0 Å². The molecule has 13 heavy (non-hydrogen) atoms. The lowest BCUT2D eigenvalue weighted by Gasteiger charge is -1.59. The van der Waals surface area contributed by atoms with E-state index in [4.69, 9.17) is 9.90 Å². The van der Waals surface area contributed by atoms with Crippen molar-refractivity contribution in [1.29, 1.82) is 0 Å². The number of carboxylic acids is 1. The highest BCUT2D eigenvalue weighted by atomic mass is 32.1. The Morgan fingerprint density at radius 3 is 1.69 bits per heavy atom. The Labute approximate surface area is 81.8 Å². The predicted molar refractivity (Wildman–Crippen MR) is 55.3 cm³/mol. The summed E-state index contributed by atoms with van der Waals surface area (Å²) in [5.74, 6) is -0.833. The zero-order chi connectivity index (χ0) is 9.94. The minimum atomic E-state index is -0.833. The molecule has 0 bridgehead atoms. The number of carboxylic acid groups (broad SMARTS) is 1. The van der Waals surface area contributed by atoms with E-state index in [-0.39, 0.29) is 0 Å². The first-order valence-electron chi connectivity index (χ1n) is 3.73. The van der Waals surface area contributed by atoms with Crippen molar-refractivity contribution in [3.05, 3.63) is 47.2 Å². The van der Waals surface area contributed by atoms with Crippen LogP contribution in [0.4, 0.5) is 0 Å². The van der Waals surface area contributed by atoms with Gasteiger partial charge in [0.25, 0.3) is 5.97 Å². The van der Waals surface area contributed by atoms with Crippen LogP contribution in [0.2, 0.25) is 0 Å². The van der Waals surface area contributed by atoms with Gasteiger partial charge in [-0.05, 0) is 10.8 Å². The van der Waals surface area contributed by atoms with Crippen molar-refractivity contribution in [3.63, 3.8) is 0 Å². The molecule has 0 fully saturated rings. The van der Waals surface area contributed by atoms with Gasteiger partial charge in [-0.3, -0.25) is 4.79 Å². The smallest absolute Gasteiger partial charge is 0.300 e. The molecular weight excluding hydrogens is 184 g/mol. The van der Waals surface area contributed by atoms with E-state index in [2.05, 4.69) is 0 Å². The Balaban J connectivity index is 0.000000310. The molecule has 0 saturated carbocycles. The molecule has 0 aliphatic heterocycles. The maximum atomic E-state index is 9.00. The summed E-state index contributed by atoms with van der Waals surface area (Å²) >= 11 is 1.68. The number of aliphatic carboxylic acids is 1. The van der Waals surface area contributed by atoms with Crippen molar-refractivity contribution < 1.29 is 9.90 Å². The summed E-state index contributed by atoms with van der Waals surface area (Å²) in [6.07, 6.45) is 0. The van der Waals surface area contributed by atoms with Gasteiger partial charge in [0.15, 0.2) is 0 Å². The van der Waals surface area contributed by atoms with E-state index in [0.717, 1.165) is 6.92 Å². The Morgan fingerprint density at radius 1 is 1.00 bits per heavy atom. The zero-order valence-electron chi connectivity index (χ0n) is 7.38. The van der Waals surface area contributed by atoms with Crippen LogP contribution in [0.3, 0.4) is 0 Å². The molecule has 0 spiro atoms. The maximum Gasteiger partial charge on any atom is 0.300 e. The first-order chi connectivity index (χ1) is 6.23. The van der Waals surface area contributed by atoms with Crippen LogP contribution in [0.1, 0.15) is 6.92 Å². The fourth-order valence-electron chi connectivity index (χ4n) is 0.483. The summed E-state index contributed by atoms with van der Waals surface area (Å²) < 4.78 is 0. The summed E-state index contributed by atoms with van der Waals surface area (Å²) in [6.45, 7) is 1.08. The van der Waals surface area contributed by atoms with Gasteiger partial charge in [-0.1, -0.05) is 36.4 Å². The third kappa shape index (κ3) is 13.6.